The first-order valence-electron chi connectivity index (χ1n) is 17.8. The lowest BCUT2D eigenvalue weighted by Gasteiger charge is -2.55. The quantitative estimate of drug-likeness (QED) is 0.348. The molecule has 0 aromatic heterocycles. The lowest BCUT2D eigenvalue weighted by Crippen LogP contribution is -2.61. The fourth-order valence-corrected chi connectivity index (χ4v) is 11.1. The summed E-state index contributed by atoms with van der Waals surface area (Å²) in [7, 11) is -1.73. The highest BCUT2D eigenvalue weighted by atomic mass is 32.2. The van der Waals surface area contributed by atoms with Gasteiger partial charge < -0.3 is 24.8 Å². The number of nitrogens with zero attached hydrogens (tertiary/aromatic N) is 3. The van der Waals surface area contributed by atoms with Gasteiger partial charge in [0, 0.05) is 62.3 Å². The summed E-state index contributed by atoms with van der Waals surface area (Å²) < 4.78 is 45.2. The minimum absolute atomic E-state index is 0.00582. The van der Waals surface area contributed by atoms with Gasteiger partial charge in [-0.05, 0) is 111 Å². The number of hydrogen-bond donors (Lipinski definition) is 1. The predicted octanol–water partition coefficient (Wildman–Crippen LogP) is 5.32. The monoisotopic (exact) mass is 666 g/mol. The second-order valence-electron chi connectivity index (χ2n) is 15.2. The third kappa shape index (κ3) is 6.66. The molecule has 3 saturated heterocycles. The van der Waals surface area contributed by atoms with Crippen LogP contribution in [0.4, 0.5) is 14.9 Å². The lowest BCUT2D eigenvalue weighted by molar-refractivity contribution is 0.00538. The minimum Gasteiger partial charge on any atom is -0.453 e. The van der Waals surface area contributed by atoms with E-state index in [1.54, 1.807) is 24.3 Å². The van der Waals surface area contributed by atoms with Crippen LogP contribution in [0.1, 0.15) is 57.4 Å². The van der Waals surface area contributed by atoms with E-state index in [1.165, 1.54) is 7.11 Å². The summed E-state index contributed by atoms with van der Waals surface area (Å²) in [5.41, 5.74) is 1.93. The van der Waals surface area contributed by atoms with Gasteiger partial charge >= 0.3 is 6.09 Å². The van der Waals surface area contributed by atoms with Gasteiger partial charge in [-0.2, -0.15) is 0 Å². The third-order valence-electron chi connectivity index (χ3n) is 11.9. The second-order valence-corrected chi connectivity index (χ2v) is 17.4. The Morgan fingerprint density at radius 2 is 1.68 bits per heavy atom. The molecular weight excluding hydrogens is 615 g/mol. The maximum absolute atomic E-state index is 15.0. The van der Waals surface area contributed by atoms with Crippen LogP contribution in [0, 0.1) is 29.5 Å². The predicted molar refractivity (Wildman–Crippen MR) is 182 cm³/mol. The number of carbonyl (C=O) groups excluding carboxylic acids is 1. The van der Waals surface area contributed by atoms with Crippen LogP contribution in [0.5, 0.6) is 0 Å². The molecule has 5 aliphatic rings. The summed E-state index contributed by atoms with van der Waals surface area (Å²) in [5, 5.41) is 3.01. The Morgan fingerprint density at radius 3 is 2.32 bits per heavy atom. The molecule has 2 saturated carbocycles. The van der Waals surface area contributed by atoms with Crippen molar-refractivity contribution in [2.24, 2.45) is 23.7 Å². The number of alkyl carbamates (subject to hydrolysis) is 1. The molecule has 0 radical (unpaired) electrons. The largest absolute Gasteiger partial charge is 0.453 e. The third-order valence-corrected chi connectivity index (χ3v) is 14.2. The molecule has 256 valence electrons. The SMILES string of the molecule is COC(=O)N[C@H]1CCC[C@@H]1C(CN1CC(C)C1)(c1cccc(F)c1)C1CCN(CC2CN(c3ccc(S(=O)(=O)C4CC4)cc3)C2)CC1. The summed E-state index contributed by atoms with van der Waals surface area (Å²) in [6.07, 6.45) is 6.27. The molecule has 0 bridgehead atoms. The van der Waals surface area contributed by atoms with Gasteiger partial charge in [-0.25, -0.2) is 17.6 Å². The zero-order chi connectivity index (χ0) is 32.8. The van der Waals surface area contributed by atoms with Gasteiger partial charge in [-0.3, -0.25) is 0 Å². The number of hydrogen-bond acceptors (Lipinski definition) is 7. The highest BCUT2D eigenvalue weighted by molar-refractivity contribution is 7.92. The first-order valence-corrected chi connectivity index (χ1v) is 19.3. The molecule has 10 heteroatoms. The van der Waals surface area contributed by atoms with Gasteiger partial charge in [0.1, 0.15) is 5.82 Å². The van der Waals surface area contributed by atoms with E-state index < -0.39 is 9.84 Å². The van der Waals surface area contributed by atoms with Crippen molar-refractivity contribution in [3.05, 3.63) is 59.9 Å². The molecule has 47 heavy (non-hydrogen) atoms. The molecule has 1 amide bonds. The Bertz CT molecular complexity index is 1520. The number of rotatable bonds is 11. The Hall–Kier alpha value is -2.69. The molecule has 7 rings (SSSR count). The van der Waals surface area contributed by atoms with E-state index in [2.05, 4.69) is 33.0 Å². The summed E-state index contributed by atoms with van der Waals surface area (Å²) >= 11 is 0. The Balaban J connectivity index is 1.03. The van der Waals surface area contributed by atoms with Crippen LogP contribution in [-0.4, -0.2) is 95.1 Å². The van der Waals surface area contributed by atoms with Crippen LogP contribution in [-0.2, 0) is 20.0 Å². The average molecular weight is 667 g/mol. The van der Waals surface area contributed by atoms with Gasteiger partial charge in [0.05, 0.1) is 17.3 Å². The second kappa shape index (κ2) is 13.3. The minimum atomic E-state index is -3.16. The van der Waals surface area contributed by atoms with Crippen molar-refractivity contribution < 1.29 is 22.3 Å². The Morgan fingerprint density at radius 1 is 0.957 bits per heavy atom. The molecular formula is C37H51FN4O4S. The number of carbonyl (C=O) groups is 1. The zero-order valence-corrected chi connectivity index (χ0v) is 28.8. The molecule has 1 unspecified atom stereocenters. The molecule has 3 heterocycles. The summed E-state index contributed by atoms with van der Waals surface area (Å²) in [6, 6.07) is 14.8. The number of methoxy groups -OCH3 is 1. The van der Waals surface area contributed by atoms with Crippen LogP contribution < -0.4 is 10.2 Å². The lowest BCUT2D eigenvalue weighted by atomic mass is 9.57. The topological polar surface area (TPSA) is 82.2 Å². The highest BCUT2D eigenvalue weighted by Gasteiger charge is 2.53. The number of ether oxygens (including phenoxy) is 1. The van der Waals surface area contributed by atoms with Crippen molar-refractivity contribution in [1.82, 2.24) is 15.1 Å². The first kappa shape index (κ1) is 32.8. The maximum atomic E-state index is 15.0. The fraction of sp³-hybridized carbons (Fsp3) is 0.649. The Labute approximate surface area is 279 Å². The standard InChI is InChI=1S/C37H51FN4O4S/c1-26-20-41(21-26)25-37(29-5-3-6-30(38)19-29,34-7-4-8-35(34)39-36(43)46-2)28-15-17-40(18-16-28)22-27-23-42(24-27)31-9-11-32(12-10-31)47(44,45)33-13-14-33/h3,5-6,9-12,19,26-28,33-35H,4,7-8,13-18,20-25H2,1-2H3,(H,39,43)/t34-,35-,37?/m0/s1. The normalized spacial score (nSPS) is 26.4. The molecule has 3 atom stereocenters. The van der Waals surface area contributed by atoms with E-state index in [0.717, 1.165) is 109 Å². The van der Waals surface area contributed by atoms with Crippen molar-refractivity contribution in [2.45, 2.75) is 73.5 Å². The first-order chi connectivity index (χ1) is 22.7. The van der Waals surface area contributed by atoms with Crippen molar-refractivity contribution in [2.75, 3.05) is 64.4 Å². The number of sulfone groups is 1. The van der Waals surface area contributed by atoms with E-state index in [0.29, 0.717) is 22.6 Å². The summed E-state index contributed by atoms with van der Waals surface area (Å²) in [6.45, 7) is 10.4. The highest BCUT2D eigenvalue weighted by Crippen LogP contribution is 2.52. The maximum Gasteiger partial charge on any atom is 0.407 e. The number of halogens is 1. The van der Waals surface area contributed by atoms with E-state index in [9.17, 15) is 17.6 Å². The number of piperidine rings is 1. The number of nitrogens with one attached hydrogen (secondary N) is 1. The van der Waals surface area contributed by atoms with E-state index in [1.807, 2.05) is 18.2 Å². The van der Waals surface area contributed by atoms with Gasteiger partial charge in [-0.1, -0.05) is 25.5 Å². The van der Waals surface area contributed by atoms with Crippen LogP contribution in [0.3, 0.4) is 0 Å². The smallest absolute Gasteiger partial charge is 0.407 e. The summed E-state index contributed by atoms with van der Waals surface area (Å²) in [4.78, 5) is 20.5. The van der Waals surface area contributed by atoms with Gasteiger partial charge in [-0.15, -0.1) is 0 Å². The van der Waals surface area contributed by atoms with Gasteiger partial charge in [0.2, 0.25) is 0 Å². The molecule has 3 aliphatic heterocycles. The molecule has 2 aliphatic carbocycles. The van der Waals surface area contributed by atoms with Crippen LogP contribution in [0.15, 0.2) is 53.4 Å². The number of benzene rings is 2. The molecule has 1 N–H and O–H groups in total. The van der Waals surface area contributed by atoms with Crippen LogP contribution >= 0.6 is 0 Å². The van der Waals surface area contributed by atoms with Crippen LogP contribution in [0.25, 0.3) is 0 Å². The zero-order valence-electron chi connectivity index (χ0n) is 28.0. The molecule has 5 fully saturated rings. The van der Waals surface area contributed by atoms with E-state index in [-0.39, 0.29) is 34.5 Å². The summed E-state index contributed by atoms with van der Waals surface area (Å²) in [5.74, 6) is 1.66. The van der Waals surface area contributed by atoms with Gasteiger partial charge in [0.15, 0.2) is 9.84 Å². The van der Waals surface area contributed by atoms with E-state index in [4.69, 9.17) is 4.74 Å². The Kier molecular flexibility index (Phi) is 9.30. The van der Waals surface area contributed by atoms with E-state index >= 15 is 0 Å². The van der Waals surface area contributed by atoms with Gasteiger partial charge in [0.25, 0.3) is 0 Å². The van der Waals surface area contributed by atoms with Crippen molar-refractivity contribution in [3.63, 3.8) is 0 Å². The molecule has 2 aromatic carbocycles. The number of likely N-dealkylation sites (tertiary alicyclic amines) is 2. The fourth-order valence-electron chi connectivity index (χ4n) is 9.46. The number of anilines is 1. The van der Waals surface area contributed by atoms with Crippen molar-refractivity contribution in [3.8, 4) is 0 Å². The molecule has 2 aromatic rings. The molecule has 0 spiro atoms. The molecule has 8 nitrogen and oxygen atoms in total. The van der Waals surface area contributed by atoms with Crippen molar-refractivity contribution >= 4 is 21.6 Å². The average Bonchev–Trinajstić information content (AvgIpc) is 3.81. The number of amides is 1. The van der Waals surface area contributed by atoms with Crippen molar-refractivity contribution in [1.29, 1.82) is 0 Å². The van der Waals surface area contributed by atoms with Crippen LogP contribution in [0.2, 0.25) is 0 Å².